The average Bonchev–Trinajstić information content (AvgIpc) is 2.38. The maximum absolute atomic E-state index is 8.76. The Morgan fingerprint density at radius 2 is 2.19 bits per heavy atom. The number of pyridine rings is 1. The van der Waals surface area contributed by atoms with Crippen molar-refractivity contribution in [2.75, 3.05) is 0 Å². The van der Waals surface area contributed by atoms with Gasteiger partial charge in [0.1, 0.15) is 11.8 Å². The molecule has 3 heteroatoms. The SMILES string of the molecule is N#Cc1cc(CSC2CCCCC2)ccn1. The molecule has 16 heavy (non-hydrogen) atoms. The Morgan fingerprint density at radius 1 is 1.38 bits per heavy atom. The Labute approximate surface area is 101 Å². The van der Waals surface area contributed by atoms with Crippen LogP contribution in [0.3, 0.4) is 0 Å². The minimum atomic E-state index is 0.529. The largest absolute Gasteiger partial charge is 0.246 e. The molecule has 1 aliphatic rings. The molecule has 0 amide bonds. The van der Waals surface area contributed by atoms with Crippen LogP contribution in [0.2, 0.25) is 0 Å². The molecule has 0 aromatic carbocycles. The number of aromatic nitrogens is 1. The highest BCUT2D eigenvalue weighted by atomic mass is 32.2. The number of thioether (sulfide) groups is 1. The van der Waals surface area contributed by atoms with Gasteiger partial charge in [-0.3, -0.25) is 0 Å². The van der Waals surface area contributed by atoms with Gasteiger partial charge in [-0.05, 0) is 30.5 Å². The number of nitriles is 1. The molecule has 2 nitrogen and oxygen atoms in total. The fraction of sp³-hybridized carbons (Fsp3) is 0.538. The van der Waals surface area contributed by atoms with Crippen molar-refractivity contribution < 1.29 is 0 Å². The van der Waals surface area contributed by atoms with Crippen LogP contribution in [0, 0.1) is 11.3 Å². The molecular formula is C13H16N2S. The Balaban J connectivity index is 1.86. The summed E-state index contributed by atoms with van der Waals surface area (Å²) in [5, 5.41) is 9.59. The van der Waals surface area contributed by atoms with Gasteiger partial charge in [0.25, 0.3) is 0 Å². The van der Waals surface area contributed by atoms with Crippen LogP contribution in [-0.2, 0) is 5.75 Å². The summed E-state index contributed by atoms with van der Waals surface area (Å²) in [6, 6.07) is 5.99. The lowest BCUT2D eigenvalue weighted by atomic mass is 10.0. The molecule has 0 unspecified atom stereocenters. The predicted octanol–water partition coefficient (Wildman–Crippen LogP) is 3.52. The zero-order valence-electron chi connectivity index (χ0n) is 9.35. The minimum absolute atomic E-state index is 0.529. The molecule has 1 saturated carbocycles. The van der Waals surface area contributed by atoms with E-state index in [9.17, 15) is 0 Å². The molecule has 1 heterocycles. The lowest BCUT2D eigenvalue weighted by Crippen LogP contribution is -2.08. The highest BCUT2D eigenvalue weighted by molar-refractivity contribution is 7.99. The van der Waals surface area contributed by atoms with Crippen LogP contribution in [-0.4, -0.2) is 10.2 Å². The van der Waals surface area contributed by atoms with Gasteiger partial charge in [0, 0.05) is 17.2 Å². The summed E-state index contributed by atoms with van der Waals surface area (Å²) in [7, 11) is 0. The molecule has 0 atom stereocenters. The van der Waals surface area contributed by atoms with Crippen molar-refractivity contribution in [2.45, 2.75) is 43.1 Å². The lowest BCUT2D eigenvalue weighted by Gasteiger charge is -2.20. The summed E-state index contributed by atoms with van der Waals surface area (Å²) in [6.45, 7) is 0. The maximum Gasteiger partial charge on any atom is 0.140 e. The molecule has 0 saturated heterocycles. The molecule has 0 N–H and O–H groups in total. The van der Waals surface area contributed by atoms with Crippen LogP contribution in [0.4, 0.5) is 0 Å². The van der Waals surface area contributed by atoms with Crippen LogP contribution in [0.25, 0.3) is 0 Å². The number of hydrogen-bond acceptors (Lipinski definition) is 3. The number of rotatable bonds is 3. The van der Waals surface area contributed by atoms with Gasteiger partial charge in [-0.25, -0.2) is 4.98 Å². The Hall–Kier alpha value is -1.01. The van der Waals surface area contributed by atoms with Crippen molar-refractivity contribution >= 4 is 11.8 Å². The van der Waals surface area contributed by atoms with Crippen molar-refractivity contribution in [3.63, 3.8) is 0 Å². The molecule has 2 rings (SSSR count). The Bertz CT molecular complexity index is 378. The van der Waals surface area contributed by atoms with Crippen molar-refractivity contribution in [2.24, 2.45) is 0 Å². The van der Waals surface area contributed by atoms with Gasteiger partial charge in [-0.15, -0.1) is 0 Å². The van der Waals surface area contributed by atoms with E-state index in [1.165, 1.54) is 37.7 Å². The van der Waals surface area contributed by atoms with E-state index in [1.54, 1.807) is 6.20 Å². The topological polar surface area (TPSA) is 36.7 Å². The van der Waals surface area contributed by atoms with Crippen molar-refractivity contribution in [1.29, 1.82) is 5.26 Å². The molecular weight excluding hydrogens is 216 g/mol. The zero-order chi connectivity index (χ0) is 11.2. The monoisotopic (exact) mass is 232 g/mol. The van der Waals surface area contributed by atoms with Crippen LogP contribution in [0.5, 0.6) is 0 Å². The Kier molecular flexibility index (Phi) is 4.24. The highest BCUT2D eigenvalue weighted by Gasteiger charge is 2.13. The molecule has 0 bridgehead atoms. The summed E-state index contributed by atoms with van der Waals surface area (Å²) in [5.41, 5.74) is 1.75. The van der Waals surface area contributed by atoms with Crippen molar-refractivity contribution in [3.8, 4) is 6.07 Å². The van der Waals surface area contributed by atoms with Crippen LogP contribution in [0.1, 0.15) is 43.4 Å². The van der Waals surface area contributed by atoms with Gasteiger partial charge in [-0.1, -0.05) is 19.3 Å². The quantitative estimate of drug-likeness (QED) is 0.800. The minimum Gasteiger partial charge on any atom is -0.246 e. The van der Waals surface area contributed by atoms with Crippen molar-refractivity contribution in [1.82, 2.24) is 4.98 Å². The highest BCUT2D eigenvalue weighted by Crippen LogP contribution is 2.30. The van der Waals surface area contributed by atoms with Gasteiger partial charge in [0.15, 0.2) is 0 Å². The molecule has 1 aromatic heterocycles. The van der Waals surface area contributed by atoms with E-state index in [1.807, 2.05) is 23.9 Å². The van der Waals surface area contributed by atoms with Gasteiger partial charge in [0.05, 0.1) is 0 Å². The van der Waals surface area contributed by atoms with Gasteiger partial charge in [-0.2, -0.15) is 17.0 Å². The first-order valence-electron chi connectivity index (χ1n) is 5.85. The maximum atomic E-state index is 8.76. The lowest BCUT2D eigenvalue weighted by molar-refractivity contribution is 0.516. The smallest absolute Gasteiger partial charge is 0.140 e. The molecule has 1 aliphatic carbocycles. The van der Waals surface area contributed by atoms with Gasteiger partial charge in [0.2, 0.25) is 0 Å². The van der Waals surface area contributed by atoms with E-state index in [0.29, 0.717) is 5.69 Å². The van der Waals surface area contributed by atoms with E-state index >= 15 is 0 Å². The molecule has 0 radical (unpaired) electrons. The normalized spacial score (nSPS) is 16.9. The summed E-state index contributed by atoms with van der Waals surface area (Å²) < 4.78 is 0. The molecule has 0 spiro atoms. The van der Waals surface area contributed by atoms with E-state index in [4.69, 9.17) is 5.26 Å². The zero-order valence-corrected chi connectivity index (χ0v) is 10.2. The molecule has 0 aliphatic heterocycles. The predicted molar refractivity (Wildman–Crippen MR) is 67.1 cm³/mol. The van der Waals surface area contributed by atoms with E-state index in [0.717, 1.165) is 11.0 Å². The Morgan fingerprint density at radius 3 is 2.94 bits per heavy atom. The van der Waals surface area contributed by atoms with Gasteiger partial charge < -0.3 is 0 Å². The van der Waals surface area contributed by atoms with E-state index < -0.39 is 0 Å². The number of nitrogens with zero attached hydrogens (tertiary/aromatic N) is 2. The average molecular weight is 232 g/mol. The summed E-state index contributed by atoms with van der Waals surface area (Å²) in [5.74, 6) is 1.02. The summed E-state index contributed by atoms with van der Waals surface area (Å²) in [4.78, 5) is 3.98. The van der Waals surface area contributed by atoms with Crippen LogP contribution in [0.15, 0.2) is 18.3 Å². The molecule has 84 valence electrons. The van der Waals surface area contributed by atoms with Gasteiger partial charge >= 0.3 is 0 Å². The summed E-state index contributed by atoms with van der Waals surface area (Å²) in [6.07, 6.45) is 8.64. The van der Waals surface area contributed by atoms with Crippen LogP contribution >= 0.6 is 11.8 Å². The third-order valence-electron chi connectivity index (χ3n) is 2.98. The third-order valence-corrected chi connectivity index (χ3v) is 4.42. The van der Waals surface area contributed by atoms with Crippen LogP contribution < -0.4 is 0 Å². The summed E-state index contributed by atoms with van der Waals surface area (Å²) >= 11 is 2.03. The first-order chi connectivity index (χ1) is 7.88. The first kappa shape index (κ1) is 11.5. The standard InChI is InChI=1S/C13H16N2S/c14-9-12-8-11(6-7-15-12)10-16-13-4-2-1-3-5-13/h6-8,13H,1-5,10H2. The first-order valence-corrected chi connectivity index (χ1v) is 6.90. The second-order valence-corrected chi connectivity index (χ2v) is 5.52. The second-order valence-electron chi connectivity index (χ2n) is 4.23. The number of hydrogen-bond donors (Lipinski definition) is 0. The molecule has 1 fully saturated rings. The molecule has 1 aromatic rings. The fourth-order valence-electron chi connectivity index (χ4n) is 2.07. The fourth-order valence-corrected chi connectivity index (χ4v) is 3.35. The van der Waals surface area contributed by atoms with Crippen molar-refractivity contribution in [3.05, 3.63) is 29.6 Å². The second kappa shape index (κ2) is 5.91. The third kappa shape index (κ3) is 3.24. The van der Waals surface area contributed by atoms with E-state index in [2.05, 4.69) is 11.1 Å². The van der Waals surface area contributed by atoms with E-state index in [-0.39, 0.29) is 0 Å².